The predicted molar refractivity (Wildman–Crippen MR) is 471 cm³/mol. The normalized spacial score (nSPS) is 16.3. The molecule has 18 rings (SSSR count). The Morgan fingerprint density at radius 3 is 1.05 bits per heavy atom. The van der Waals surface area contributed by atoms with Gasteiger partial charge in [0, 0.05) is 61.4 Å². The molecule has 0 N–H and O–H groups in total. The lowest BCUT2D eigenvalue weighted by atomic mass is 9.33. The molecule has 5 heteroatoms. The molecule has 4 heterocycles. The number of anilines is 6. The van der Waals surface area contributed by atoms with E-state index in [0.717, 1.165) is 39.8 Å². The molecule has 2 aliphatic carbocycles. The number of para-hydroxylation sites is 2. The van der Waals surface area contributed by atoms with Crippen molar-refractivity contribution in [1.29, 1.82) is 0 Å². The molecule has 0 unspecified atom stereocenters. The maximum atomic E-state index is 2.67. The molecular formula is C104H107BN4. The lowest BCUT2D eigenvalue weighted by molar-refractivity contribution is 0.332. The first-order valence-corrected chi connectivity index (χ1v) is 40.3. The van der Waals surface area contributed by atoms with E-state index >= 15 is 0 Å². The van der Waals surface area contributed by atoms with Crippen LogP contribution < -0.4 is 26.2 Å². The van der Waals surface area contributed by atoms with E-state index in [9.17, 15) is 0 Å². The van der Waals surface area contributed by atoms with Gasteiger partial charge in [0.1, 0.15) is 0 Å². The maximum Gasteiger partial charge on any atom is 0.252 e. The summed E-state index contributed by atoms with van der Waals surface area (Å²) in [5, 5.41) is 5.03. The van der Waals surface area contributed by atoms with E-state index in [4.69, 9.17) is 0 Å². The van der Waals surface area contributed by atoms with Crippen LogP contribution in [-0.2, 0) is 43.3 Å². The predicted octanol–water partition coefficient (Wildman–Crippen LogP) is 26.9. The van der Waals surface area contributed by atoms with Gasteiger partial charge in [-0.15, -0.1) is 0 Å². The molecule has 0 saturated heterocycles. The van der Waals surface area contributed by atoms with Crippen molar-refractivity contribution < 1.29 is 0 Å². The summed E-state index contributed by atoms with van der Waals surface area (Å²) >= 11 is 0. The van der Waals surface area contributed by atoms with E-state index in [-0.39, 0.29) is 50.0 Å². The van der Waals surface area contributed by atoms with Gasteiger partial charge in [0.25, 0.3) is 6.71 Å². The van der Waals surface area contributed by atoms with E-state index < -0.39 is 0 Å². The van der Waals surface area contributed by atoms with Gasteiger partial charge in [-0.1, -0.05) is 284 Å². The molecule has 2 aliphatic heterocycles. The van der Waals surface area contributed by atoms with Crippen molar-refractivity contribution in [1.82, 2.24) is 9.13 Å². The van der Waals surface area contributed by atoms with Crippen LogP contribution in [0.4, 0.5) is 34.1 Å². The van der Waals surface area contributed by atoms with Crippen LogP contribution >= 0.6 is 0 Å². The smallest absolute Gasteiger partial charge is 0.252 e. The summed E-state index contributed by atoms with van der Waals surface area (Å²) in [5.41, 5.74) is 36.5. The van der Waals surface area contributed by atoms with E-state index in [1.54, 1.807) is 0 Å². The highest BCUT2D eigenvalue weighted by Gasteiger charge is 2.46. The lowest BCUT2D eigenvalue weighted by Crippen LogP contribution is -2.61. The van der Waals surface area contributed by atoms with E-state index in [1.165, 1.54) is 169 Å². The highest BCUT2D eigenvalue weighted by Crippen LogP contribution is 2.53. The fourth-order valence-corrected chi connectivity index (χ4v) is 19.2. The molecule has 0 bridgehead atoms. The molecule has 0 atom stereocenters. The summed E-state index contributed by atoms with van der Waals surface area (Å²) in [6, 6.07) is 94.1. The highest BCUT2D eigenvalue weighted by atomic mass is 15.2. The molecule has 2 aromatic heterocycles. The second-order valence-corrected chi connectivity index (χ2v) is 39.6. The molecule has 0 saturated carbocycles. The largest absolute Gasteiger partial charge is 0.311 e. The van der Waals surface area contributed by atoms with Gasteiger partial charge in [-0.05, 0) is 254 Å². The Morgan fingerprint density at radius 1 is 0.257 bits per heavy atom. The fourth-order valence-electron chi connectivity index (χ4n) is 19.2. The van der Waals surface area contributed by atoms with Crippen LogP contribution in [0.1, 0.15) is 209 Å². The molecule has 0 amide bonds. The Kier molecular flexibility index (Phi) is 15.7. The summed E-state index contributed by atoms with van der Waals surface area (Å²) in [7, 11) is 0. The van der Waals surface area contributed by atoms with Crippen LogP contribution in [0.15, 0.2) is 237 Å². The monoisotopic (exact) mass is 1420 g/mol. The Balaban J connectivity index is 0.945. The molecule has 0 fully saturated rings. The zero-order valence-corrected chi connectivity index (χ0v) is 68.2. The van der Waals surface area contributed by atoms with E-state index in [0.29, 0.717) is 0 Å². The van der Waals surface area contributed by atoms with Gasteiger partial charge in [0.05, 0.1) is 27.8 Å². The zero-order chi connectivity index (χ0) is 76.3. The number of fused-ring (bicyclic) bond motifs is 12. The Hall–Kier alpha value is -10.1. The molecule has 0 radical (unpaired) electrons. The average molecular weight is 1420 g/mol. The summed E-state index contributed by atoms with van der Waals surface area (Å²) in [4.78, 5) is 5.32. The van der Waals surface area contributed by atoms with Gasteiger partial charge in [0.2, 0.25) is 0 Å². The first-order valence-electron chi connectivity index (χ1n) is 40.3. The summed E-state index contributed by atoms with van der Waals surface area (Å²) in [5.74, 6) is 0. The quantitative estimate of drug-likeness (QED) is 0.148. The first kappa shape index (κ1) is 70.6. The Morgan fingerprint density at radius 2 is 0.606 bits per heavy atom. The van der Waals surface area contributed by atoms with Crippen LogP contribution in [-0.4, -0.2) is 15.8 Å². The van der Waals surface area contributed by atoms with Gasteiger partial charge in [-0.3, -0.25) is 0 Å². The van der Waals surface area contributed by atoms with E-state index in [1.807, 2.05) is 0 Å². The molecule has 546 valence electrons. The lowest BCUT2D eigenvalue weighted by Gasteiger charge is -2.45. The van der Waals surface area contributed by atoms with E-state index in [2.05, 4.69) is 394 Å². The number of hydrogen-bond acceptors (Lipinski definition) is 2. The van der Waals surface area contributed by atoms with Gasteiger partial charge in [-0.25, -0.2) is 0 Å². The maximum absolute atomic E-state index is 2.67. The van der Waals surface area contributed by atoms with Crippen molar-refractivity contribution in [2.45, 2.75) is 207 Å². The highest BCUT2D eigenvalue weighted by molar-refractivity contribution is 7.00. The number of benzene rings is 12. The summed E-state index contributed by atoms with van der Waals surface area (Å²) in [6.45, 7) is 47.6. The number of nitrogens with zero attached hydrogens (tertiary/aromatic N) is 4. The van der Waals surface area contributed by atoms with Crippen LogP contribution in [0.2, 0.25) is 0 Å². The van der Waals surface area contributed by atoms with Crippen LogP contribution in [0.25, 0.3) is 88.4 Å². The van der Waals surface area contributed by atoms with Crippen molar-refractivity contribution in [3.63, 3.8) is 0 Å². The molecule has 12 aromatic carbocycles. The first-order chi connectivity index (χ1) is 51.5. The third-order valence-electron chi connectivity index (χ3n) is 26.3. The minimum atomic E-state index is -0.171. The number of aromatic nitrogens is 2. The molecular weight excluding hydrogens is 1320 g/mol. The number of hydrogen-bond donors (Lipinski definition) is 0. The van der Waals surface area contributed by atoms with Crippen molar-refractivity contribution in [3.8, 4) is 44.8 Å². The van der Waals surface area contributed by atoms with Crippen molar-refractivity contribution in [2.75, 3.05) is 9.80 Å². The standard InChI is InChI=1S/C104H107BN4/c1-97(2,3)70-36-47-90-80(59-70)81-60-71(98(4,5)6)37-48-91(81)109(90)77-62-94-96-95(63-77)107(75-40-31-65(32-41-75)67-34-44-83-85(56-67)104(19,20)52-50-102(83,15)16)93-61-76(108-88-27-23-21-25-78(88)79-26-22-24-28-89(79)108)42-46-87(93)105(96)86-45-35-68(69-53-72(99(7,8)9)58-73(54-69)100(10,11)12)57-92(86)106(94)74-38-29-64(30-39-74)66-33-43-82-84(55-66)103(17,18)51-49-101(82,13)14/h21-48,53-63H,49-52H2,1-20H3. The molecule has 4 nitrogen and oxygen atoms in total. The third-order valence-corrected chi connectivity index (χ3v) is 26.3. The molecule has 4 aliphatic rings. The van der Waals surface area contributed by atoms with Gasteiger partial charge in [0.15, 0.2) is 0 Å². The van der Waals surface area contributed by atoms with Gasteiger partial charge < -0.3 is 18.9 Å². The minimum absolute atomic E-state index is 0.0672. The second kappa shape index (κ2) is 24.2. The second-order valence-electron chi connectivity index (χ2n) is 39.6. The fraction of sp³-hybridized carbons (Fsp3) is 0.308. The number of rotatable bonds is 7. The Labute approximate surface area is 649 Å². The zero-order valence-electron chi connectivity index (χ0n) is 68.2. The third kappa shape index (κ3) is 11.5. The van der Waals surface area contributed by atoms with Crippen LogP contribution in [0.5, 0.6) is 0 Å². The van der Waals surface area contributed by atoms with Crippen LogP contribution in [0, 0.1) is 0 Å². The average Bonchev–Trinajstić information content (AvgIpc) is 0.881. The Bertz CT molecular complexity index is 5930. The summed E-state index contributed by atoms with van der Waals surface area (Å²) in [6.07, 6.45) is 4.70. The molecule has 0 spiro atoms. The van der Waals surface area contributed by atoms with Crippen molar-refractivity contribution in [2.24, 2.45) is 0 Å². The topological polar surface area (TPSA) is 16.3 Å². The minimum Gasteiger partial charge on any atom is -0.311 e. The van der Waals surface area contributed by atoms with Gasteiger partial charge in [-0.2, -0.15) is 0 Å². The SMILES string of the molecule is CC(C)(C)c1cc(-c2ccc3c(c2)N(c2ccc(-c4ccc5c(c4)C(C)(C)CCC5(C)C)cc2)c2cc(-n4c5ccc(C(C)(C)C)cc5c5cc(C(C)(C)C)ccc54)cc4c2B3c2ccc(-n3c5ccccc5c5ccccc53)cc2N4c2ccc(-c3ccc4c(c3)C(C)(C)CCC4(C)C)cc2)cc(C(C)(C)C)c1. The van der Waals surface area contributed by atoms with Crippen molar-refractivity contribution >= 4 is 101 Å². The van der Waals surface area contributed by atoms with Crippen molar-refractivity contribution in [3.05, 3.63) is 281 Å². The summed E-state index contributed by atoms with van der Waals surface area (Å²) < 4.78 is 5.12. The van der Waals surface area contributed by atoms with Gasteiger partial charge >= 0.3 is 0 Å². The molecule has 109 heavy (non-hydrogen) atoms. The molecule has 14 aromatic rings. The van der Waals surface area contributed by atoms with Crippen LogP contribution in [0.3, 0.4) is 0 Å².